The van der Waals surface area contributed by atoms with Crippen molar-refractivity contribution >= 4 is 23.1 Å². The van der Waals surface area contributed by atoms with Crippen LogP contribution >= 0.6 is 0 Å². The molecular formula is C18H14N6. The molecule has 0 atom stereocenters. The number of rotatable bonds is 3. The predicted molar refractivity (Wildman–Crippen MR) is 91.4 cm³/mol. The lowest BCUT2D eigenvalue weighted by molar-refractivity contribution is 0.887. The van der Waals surface area contributed by atoms with Crippen molar-refractivity contribution in [1.29, 1.82) is 5.26 Å². The summed E-state index contributed by atoms with van der Waals surface area (Å²) < 4.78 is 0. The van der Waals surface area contributed by atoms with Gasteiger partial charge in [-0.1, -0.05) is 30.3 Å². The van der Waals surface area contributed by atoms with Gasteiger partial charge in [0.05, 0.1) is 17.4 Å². The number of nitrogens with one attached hydrogen (secondary N) is 1. The van der Waals surface area contributed by atoms with Crippen LogP contribution in [0.4, 0.5) is 23.1 Å². The van der Waals surface area contributed by atoms with Gasteiger partial charge in [-0.3, -0.25) is 0 Å². The first-order chi connectivity index (χ1) is 11.8. The van der Waals surface area contributed by atoms with E-state index in [1.54, 1.807) is 12.3 Å². The summed E-state index contributed by atoms with van der Waals surface area (Å²) in [5.74, 6) is 1.12. The maximum absolute atomic E-state index is 9.19. The molecule has 6 heteroatoms. The fourth-order valence-electron chi connectivity index (χ4n) is 2.84. The second kappa shape index (κ2) is 5.97. The van der Waals surface area contributed by atoms with E-state index in [2.05, 4.69) is 43.6 Å². The summed E-state index contributed by atoms with van der Waals surface area (Å²) in [5, 5.41) is 20.6. The molecule has 3 aromatic rings. The van der Waals surface area contributed by atoms with Gasteiger partial charge in [0.2, 0.25) is 0 Å². The molecule has 0 unspecified atom stereocenters. The Morgan fingerprint density at radius 3 is 2.83 bits per heavy atom. The third-order valence-electron chi connectivity index (χ3n) is 3.99. The van der Waals surface area contributed by atoms with Crippen LogP contribution in [0.1, 0.15) is 11.1 Å². The van der Waals surface area contributed by atoms with E-state index >= 15 is 0 Å². The van der Waals surface area contributed by atoms with E-state index in [1.165, 1.54) is 5.56 Å². The number of fused-ring (bicyclic) bond motifs is 1. The molecule has 0 saturated carbocycles. The van der Waals surface area contributed by atoms with Crippen LogP contribution in [0.2, 0.25) is 0 Å². The van der Waals surface area contributed by atoms with Gasteiger partial charge >= 0.3 is 0 Å². The summed E-state index contributed by atoms with van der Waals surface area (Å²) in [6, 6.07) is 17.7. The van der Waals surface area contributed by atoms with Crippen molar-refractivity contribution in [2.24, 2.45) is 0 Å². The summed E-state index contributed by atoms with van der Waals surface area (Å²) in [5.41, 5.74) is 3.67. The van der Waals surface area contributed by atoms with Gasteiger partial charge < -0.3 is 10.2 Å². The molecule has 1 aliphatic heterocycles. The zero-order valence-corrected chi connectivity index (χ0v) is 12.8. The fourth-order valence-corrected chi connectivity index (χ4v) is 2.84. The van der Waals surface area contributed by atoms with Gasteiger partial charge in [-0.05, 0) is 30.2 Å². The molecule has 1 N–H and O–H groups in total. The maximum Gasteiger partial charge on any atom is 0.251 e. The van der Waals surface area contributed by atoms with Gasteiger partial charge in [-0.15, -0.1) is 5.10 Å². The van der Waals surface area contributed by atoms with Gasteiger partial charge in [0.1, 0.15) is 6.07 Å². The van der Waals surface area contributed by atoms with Crippen LogP contribution in [-0.4, -0.2) is 21.7 Å². The highest BCUT2D eigenvalue weighted by Gasteiger charge is 2.22. The molecular weight excluding hydrogens is 300 g/mol. The molecule has 0 amide bonds. The third kappa shape index (κ3) is 2.52. The predicted octanol–water partition coefficient (Wildman–Crippen LogP) is 3.18. The molecule has 1 aliphatic rings. The SMILES string of the molecule is N#Cc1ccccc1Nc1cnnc(N2CCc3ccccc32)n1. The molecule has 0 radical (unpaired) electrons. The van der Waals surface area contributed by atoms with Crippen LogP contribution in [0.15, 0.2) is 54.7 Å². The molecule has 0 fully saturated rings. The van der Waals surface area contributed by atoms with Crippen LogP contribution < -0.4 is 10.2 Å². The average molecular weight is 314 g/mol. The normalized spacial score (nSPS) is 12.5. The van der Waals surface area contributed by atoms with Crippen LogP contribution in [0.5, 0.6) is 0 Å². The molecule has 1 aromatic heterocycles. The summed E-state index contributed by atoms with van der Waals surface area (Å²) >= 11 is 0. The summed E-state index contributed by atoms with van der Waals surface area (Å²) in [6.07, 6.45) is 2.52. The minimum Gasteiger partial charge on any atom is -0.338 e. The van der Waals surface area contributed by atoms with Gasteiger partial charge in [-0.2, -0.15) is 15.3 Å². The second-order valence-electron chi connectivity index (χ2n) is 5.45. The smallest absolute Gasteiger partial charge is 0.251 e. The van der Waals surface area contributed by atoms with Crippen molar-refractivity contribution < 1.29 is 0 Å². The molecule has 0 spiro atoms. The van der Waals surface area contributed by atoms with Crippen LogP contribution in [0.25, 0.3) is 0 Å². The quantitative estimate of drug-likeness (QED) is 0.800. The monoisotopic (exact) mass is 314 g/mol. The topological polar surface area (TPSA) is 77.7 Å². The minimum absolute atomic E-state index is 0.555. The number of aromatic nitrogens is 3. The van der Waals surface area contributed by atoms with Gasteiger partial charge in [0, 0.05) is 12.2 Å². The first kappa shape index (κ1) is 14.2. The summed E-state index contributed by atoms with van der Waals surface area (Å²) in [4.78, 5) is 6.62. The standard InChI is InChI=1S/C18H14N6/c19-11-14-6-1-3-7-15(14)21-17-12-20-23-18(22-17)24-10-9-13-5-2-4-8-16(13)24/h1-8,12H,9-10H2,(H,21,22,23). The Kier molecular flexibility index (Phi) is 3.52. The number of benzene rings is 2. The van der Waals surface area contributed by atoms with E-state index in [0.29, 0.717) is 23.0 Å². The number of nitriles is 1. The Morgan fingerprint density at radius 2 is 1.92 bits per heavy atom. The molecule has 116 valence electrons. The lowest BCUT2D eigenvalue weighted by atomic mass is 10.2. The number of hydrogen-bond acceptors (Lipinski definition) is 6. The Balaban J connectivity index is 1.65. The number of hydrogen-bond donors (Lipinski definition) is 1. The molecule has 0 bridgehead atoms. The van der Waals surface area contributed by atoms with Crippen molar-refractivity contribution in [2.45, 2.75) is 6.42 Å². The van der Waals surface area contributed by atoms with Gasteiger partial charge in [-0.25, -0.2) is 0 Å². The molecule has 4 rings (SSSR count). The highest BCUT2D eigenvalue weighted by molar-refractivity contribution is 5.68. The van der Waals surface area contributed by atoms with E-state index in [9.17, 15) is 5.26 Å². The lowest BCUT2D eigenvalue weighted by Gasteiger charge is -2.17. The van der Waals surface area contributed by atoms with Crippen LogP contribution in [0, 0.1) is 11.3 Å². The maximum atomic E-state index is 9.19. The van der Waals surface area contributed by atoms with E-state index < -0.39 is 0 Å². The Morgan fingerprint density at radius 1 is 1.08 bits per heavy atom. The van der Waals surface area contributed by atoms with Crippen molar-refractivity contribution in [3.63, 3.8) is 0 Å². The molecule has 24 heavy (non-hydrogen) atoms. The average Bonchev–Trinajstić information content (AvgIpc) is 3.06. The van der Waals surface area contributed by atoms with Crippen LogP contribution in [0.3, 0.4) is 0 Å². The summed E-state index contributed by atoms with van der Waals surface area (Å²) in [6.45, 7) is 0.833. The fraction of sp³-hybridized carbons (Fsp3) is 0.111. The van der Waals surface area contributed by atoms with Gasteiger partial charge in [0.25, 0.3) is 5.95 Å². The molecule has 6 nitrogen and oxygen atoms in total. The van der Waals surface area contributed by atoms with Crippen molar-refractivity contribution in [3.8, 4) is 6.07 Å². The molecule has 2 heterocycles. The zero-order chi connectivity index (χ0) is 16.4. The number of nitrogens with zero attached hydrogens (tertiary/aromatic N) is 5. The lowest BCUT2D eigenvalue weighted by Crippen LogP contribution is -2.17. The van der Waals surface area contributed by atoms with Gasteiger partial charge in [0.15, 0.2) is 5.82 Å². The third-order valence-corrected chi connectivity index (χ3v) is 3.99. The minimum atomic E-state index is 0.555. The highest BCUT2D eigenvalue weighted by Crippen LogP contribution is 2.32. The summed E-state index contributed by atoms with van der Waals surface area (Å²) in [7, 11) is 0. The molecule has 0 aliphatic carbocycles. The van der Waals surface area contributed by atoms with Crippen molar-refractivity contribution in [1.82, 2.24) is 15.2 Å². The van der Waals surface area contributed by atoms with E-state index in [-0.39, 0.29) is 0 Å². The Bertz CT molecular complexity index is 931. The Hall–Kier alpha value is -3.46. The molecule has 2 aromatic carbocycles. The highest BCUT2D eigenvalue weighted by atomic mass is 15.3. The van der Waals surface area contributed by atoms with Crippen LogP contribution in [-0.2, 0) is 6.42 Å². The first-order valence-electron chi connectivity index (χ1n) is 7.66. The molecule has 0 saturated heterocycles. The van der Waals surface area contributed by atoms with Crippen molar-refractivity contribution in [3.05, 3.63) is 65.9 Å². The second-order valence-corrected chi connectivity index (χ2v) is 5.45. The van der Waals surface area contributed by atoms with Crippen molar-refractivity contribution in [2.75, 3.05) is 16.8 Å². The number of anilines is 4. The Labute approximate surface area is 139 Å². The largest absolute Gasteiger partial charge is 0.338 e. The van der Waals surface area contributed by atoms with E-state index in [0.717, 1.165) is 18.7 Å². The first-order valence-corrected chi connectivity index (χ1v) is 7.66. The van der Waals surface area contributed by atoms with E-state index in [4.69, 9.17) is 0 Å². The zero-order valence-electron chi connectivity index (χ0n) is 12.8. The van der Waals surface area contributed by atoms with E-state index in [1.807, 2.05) is 30.3 Å². The number of para-hydroxylation sites is 2.